The molecule has 9 heteroatoms. The molecule has 1 aliphatic heterocycles. The van der Waals surface area contributed by atoms with Crippen LogP contribution in [0, 0.1) is 0 Å². The predicted molar refractivity (Wildman–Crippen MR) is 68.2 cm³/mol. The first-order valence-corrected chi connectivity index (χ1v) is 6.07. The molecule has 1 saturated heterocycles. The van der Waals surface area contributed by atoms with Crippen LogP contribution in [0.4, 0.5) is 18.9 Å². The number of rotatable bonds is 2. The molecule has 0 atom stereocenters. The number of nitrogens with zero attached hydrogens (tertiary/aromatic N) is 1. The molecule has 0 unspecified atom stereocenters. The molecule has 1 aliphatic rings. The van der Waals surface area contributed by atoms with Gasteiger partial charge >= 0.3 is 6.18 Å². The van der Waals surface area contributed by atoms with Crippen molar-refractivity contribution in [1.29, 1.82) is 0 Å². The lowest BCUT2D eigenvalue weighted by molar-refractivity contribution is -0.137. The summed E-state index contributed by atoms with van der Waals surface area (Å²) in [5, 5.41) is 2.53. The van der Waals surface area contributed by atoms with Gasteiger partial charge in [-0.25, -0.2) is 0 Å². The van der Waals surface area contributed by atoms with Crippen molar-refractivity contribution in [2.24, 2.45) is 5.84 Å². The van der Waals surface area contributed by atoms with Gasteiger partial charge in [0.25, 0.3) is 5.91 Å². The summed E-state index contributed by atoms with van der Waals surface area (Å²) >= 11 is 0. The number of nitrogens with two attached hydrogens (primary N) is 1. The number of alkyl halides is 3. The van der Waals surface area contributed by atoms with Crippen molar-refractivity contribution in [3.8, 4) is 0 Å². The summed E-state index contributed by atoms with van der Waals surface area (Å²) in [6.45, 7) is 0.360. The minimum atomic E-state index is -4.64. The number of halogens is 3. The maximum absolute atomic E-state index is 12.9. The second-order valence-corrected chi connectivity index (χ2v) is 4.48. The number of hydrogen-bond donors (Lipinski definition) is 3. The van der Waals surface area contributed by atoms with E-state index in [1.807, 2.05) is 5.43 Å². The van der Waals surface area contributed by atoms with E-state index in [4.69, 9.17) is 5.84 Å². The zero-order valence-corrected chi connectivity index (χ0v) is 10.8. The molecule has 114 valence electrons. The smallest absolute Gasteiger partial charge is 0.353 e. The number of amides is 2. The fourth-order valence-electron chi connectivity index (χ4n) is 2.03. The Labute approximate surface area is 118 Å². The molecule has 0 saturated carbocycles. The van der Waals surface area contributed by atoms with Gasteiger partial charge in [-0.15, -0.1) is 0 Å². The van der Waals surface area contributed by atoms with Crippen molar-refractivity contribution >= 4 is 17.5 Å². The average molecular weight is 302 g/mol. The van der Waals surface area contributed by atoms with Crippen LogP contribution >= 0.6 is 0 Å². The molecule has 1 aromatic rings. The number of nitrogens with one attached hydrogen (secondary N) is 2. The largest absolute Gasteiger partial charge is 0.418 e. The Hall–Kier alpha value is -2.29. The van der Waals surface area contributed by atoms with Crippen LogP contribution in [0.2, 0.25) is 0 Å². The highest BCUT2D eigenvalue weighted by molar-refractivity contribution is 5.97. The second kappa shape index (κ2) is 5.60. The van der Waals surface area contributed by atoms with Gasteiger partial charge < -0.3 is 15.6 Å². The Morgan fingerprint density at radius 3 is 2.67 bits per heavy atom. The van der Waals surface area contributed by atoms with Gasteiger partial charge in [0.1, 0.15) is 0 Å². The molecule has 0 aromatic heterocycles. The predicted octanol–water partition coefficient (Wildman–Crippen LogP) is 0.563. The first kappa shape index (κ1) is 15.1. The van der Waals surface area contributed by atoms with Crippen LogP contribution in [0.1, 0.15) is 15.9 Å². The maximum Gasteiger partial charge on any atom is 0.418 e. The molecule has 2 rings (SSSR count). The van der Waals surface area contributed by atoms with Gasteiger partial charge in [-0.05, 0) is 18.2 Å². The molecule has 4 N–H and O–H groups in total. The molecule has 21 heavy (non-hydrogen) atoms. The highest BCUT2D eigenvalue weighted by Crippen LogP contribution is 2.35. The van der Waals surface area contributed by atoms with E-state index in [2.05, 4.69) is 5.32 Å². The summed E-state index contributed by atoms with van der Waals surface area (Å²) in [5.41, 5.74) is 0.449. The van der Waals surface area contributed by atoms with E-state index < -0.39 is 17.6 Å². The topological polar surface area (TPSA) is 87.5 Å². The van der Waals surface area contributed by atoms with Gasteiger partial charge in [-0.3, -0.25) is 15.4 Å². The Kier molecular flexibility index (Phi) is 4.03. The van der Waals surface area contributed by atoms with Crippen molar-refractivity contribution < 1.29 is 22.8 Å². The number of nitrogen functional groups attached to an aromatic ring is 1. The number of piperazine rings is 1. The zero-order chi connectivity index (χ0) is 15.6. The van der Waals surface area contributed by atoms with Crippen LogP contribution in [-0.4, -0.2) is 36.3 Å². The number of hydrazine groups is 1. The summed E-state index contributed by atoms with van der Waals surface area (Å²) in [5.74, 6) is 4.07. The fraction of sp³-hybridized carbons (Fsp3) is 0.333. The second-order valence-electron chi connectivity index (χ2n) is 4.48. The molecule has 1 fully saturated rings. The Morgan fingerprint density at radius 2 is 2.10 bits per heavy atom. The average Bonchev–Trinajstić information content (AvgIpc) is 2.45. The number of anilines is 1. The van der Waals surface area contributed by atoms with E-state index in [0.29, 0.717) is 0 Å². The molecule has 0 aliphatic carbocycles. The molecule has 2 amide bonds. The monoisotopic (exact) mass is 302 g/mol. The van der Waals surface area contributed by atoms with Gasteiger partial charge in [-0.1, -0.05) is 0 Å². The summed E-state index contributed by atoms with van der Waals surface area (Å²) in [7, 11) is 0. The van der Waals surface area contributed by atoms with Gasteiger partial charge in [0.2, 0.25) is 5.91 Å². The lowest BCUT2D eigenvalue weighted by Gasteiger charge is -2.27. The van der Waals surface area contributed by atoms with Crippen molar-refractivity contribution in [3.05, 3.63) is 29.3 Å². The van der Waals surface area contributed by atoms with E-state index in [1.54, 1.807) is 0 Å². The van der Waals surface area contributed by atoms with Gasteiger partial charge in [0.05, 0.1) is 17.8 Å². The molecule has 1 heterocycles. The number of hydrogen-bond acceptors (Lipinski definition) is 4. The summed E-state index contributed by atoms with van der Waals surface area (Å²) in [6.07, 6.45) is -4.64. The van der Waals surface area contributed by atoms with Gasteiger partial charge in [0.15, 0.2) is 0 Å². The minimum Gasteiger partial charge on any atom is -0.353 e. The van der Waals surface area contributed by atoms with E-state index in [9.17, 15) is 22.8 Å². The van der Waals surface area contributed by atoms with E-state index >= 15 is 0 Å². The third-order valence-corrected chi connectivity index (χ3v) is 3.05. The number of benzene rings is 1. The minimum absolute atomic E-state index is 0.143. The third-order valence-electron chi connectivity index (χ3n) is 3.05. The molecule has 0 spiro atoms. The molecular weight excluding hydrogens is 289 g/mol. The van der Waals surface area contributed by atoms with Crippen molar-refractivity contribution in [3.63, 3.8) is 0 Å². The lowest BCUT2D eigenvalue weighted by atomic mass is 10.1. The highest BCUT2D eigenvalue weighted by Gasteiger charge is 2.34. The van der Waals surface area contributed by atoms with Crippen LogP contribution in [0.3, 0.4) is 0 Å². The van der Waals surface area contributed by atoms with Crippen molar-refractivity contribution in [1.82, 2.24) is 10.2 Å². The zero-order valence-electron chi connectivity index (χ0n) is 10.8. The van der Waals surface area contributed by atoms with Crippen molar-refractivity contribution in [2.45, 2.75) is 6.18 Å². The summed E-state index contributed by atoms with van der Waals surface area (Å²) in [6, 6.07) is 3.05. The molecule has 0 bridgehead atoms. The summed E-state index contributed by atoms with van der Waals surface area (Å²) in [4.78, 5) is 24.6. The van der Waals surface area contributed by atoms with Crippen LogP contribution in [0.15, 0.2) is 18.2 Å². The molecule has 1 aromatic carbocycles. The van der Waals surface area contributed by atoms with Crippen LogP contribution in [-0.2, 0) is 11.0 Å². The normalized spacial score (nSPS) is 15.6. The SMILES string of the molecule is NNc1ccc(C(=O)N2CCNC(=O)C2)cc1C(F)(F)F. The van der Waals surface area contributed by atoms with E-state index in [1.165, 1.54) is 11.0 Å². The van der Waals surface area contributed by atoms with Gasteiger partial charge in [-0.2, -0.15) is 13.2 Å². The van der Waals surface area contributed by atoms with Gasteiger partial charge in [0, 0.05) is 18.7 Å². The number of carbonyl (C=O) groups is 2. The number of carbonyl (C=O) groups excluding carboxylic acids is 2. The Morgan fingerprint density at radius 1 is 1.38 bits per heavy atom. The lowest BCUT2D eigenvalue weighted by Crippen LogP contribution is -2.50. The quantitative estimate of drug-likeness (QED) is 0.550. The van der Waals surface area contributed by atoms with Crippen LogP contribution < -0.4 is 16.6 Å². The Bertz CT molecular complexity index is 574. The molecule has 0 radical (unpaired) electrons. The molecular formula is C12H13F3N4O2. The Balaban J connectivity index is 2.31. The standard InChI is InChI=1S/C12H13F3N4O2/c13-12(14,15)8-5-7(1-2-9(8)18-16)11(21)19-4-3-17-10(20)6-19/h1-2,5,18H,3-4,6,16H2,(H,17,20). The van der Waals surface area contributed by atoms with Crippen LogP contribution in [0.25, 0.3) is 0 Å². The third kappa shape index (κ3) is 3.24. The van der Waals surface area contributed by atoms with Crippen molar-refractivity contribution in [2.75, 3.05) is 25.1 Å². The first-order chi connectivity index (χ1) is 9.82. The van der Waals surface area contributed by atoms with E-state index in [-0.39, 0.29) is 36.8 Å². The maximum atomic E-state index is 12.9. The van der Waals surface area contributed by atoms with Crippen LogP contribution in [0.5, 0.6) is 0 Å². The molecule has 6 nitrogen and oxygen atoms in total. The first-order valence-electron chi connectivity index (χ1n) is 6.07. The fourth-order valence-corrected chi connectivity index (χ4v) is 2.03. The summed E-state index contributed by atoms with van der Waals surface area (Å²) < 4.78 is 38.7. The highest BCUT2D eigenvalue weighted by atomic mass is 19.4. The van der Waals surface area contributed by atoms with E-state index in [0.717, 1.165) is 12.1 Å².